The number of carbonyl (C=O) groups excluding carboxylic acids is 1. The molecule has 2 heterocycles. The summed E-state index contributed by atoms with van der Waals surface area (Å²) in [5.41, 5.74) is 2.42. The predicted octanol–water partition coefficient (Wildman–Crippen LogP) is 6.11. The molecule has 0 unspecified atom stereocenters. The van der Waals surface area contributed by atoms with E-state index >= 15 is 0 Å². The second kappa shape index (κ2) is 7.67. The molecule has 0 spiro atoms. The molecule has 1 aliphatic heterocycles. The van der Waals surface area contributed by atoms with E-state index in [0.717, 1.165) is 37.2 Å². The van der Waals surface area contributed by atoms with Crippen LogP contribution >= 0.6 is 23.2 Å². The summed E-state index contributed by atoms with van der Waals surface area (Å²) >= 11 is 12.3. The second-order valence-electron chi connectivity index (χ2n) is 6.46. The van der Waals surface area contributed by atoms with Crippen molar-refractivity contribution in [3.05, 3.63) is 70.4 Å². The van der Waals surface area contributed by atoms with Crippen LogP contribution in [0.5, 0.6) is 0 Å². The predicted molar refractivity (Wildman–Crippen MR) is 110 cm³/mol. The van der Waals surface area contributed by atoms with Crippen molar-refractivity contribution >= 4 is 40.5 Å². The van der Waals surface area contributed by atoms with Crippen LogP contribution in [-0.2, 0) is 0 Å². The van der Waals surface area contributed by atoms with E-state index in [1.807, 2.05) is 30.3 Å². The summed E-state index contributed by atoms with van der Waals surface area (Å²) in [7, 11) is 0. The van der Waals surface area contributed by atoms with Gasteiger partial charge >= 0.3 is 0 Å². The quantitative estimate of drug-likeness (QED) is 0.574. The number of amides is 1. The fourth-order valence-corrected chi connectivity index (χ4v) is 3.71. The number of hydrogen-bond donors (Lipinski definition) is 1. The van der Waals surface area contributed by atoms with Crippen LogP contribution in [0.15, 0.2) is 59.0 Å². The van der Waals surface area contributed by atoms with Crippen LogP contribution in [-0.4, -0.2) is 19.0 Å². The van der Waals surface area contributed by atoms with Crippen LogP contribution < -0.4 is 10.2 Å². The number of carbonyl (C=O) groups is 1. The first-order valence-corrected chi connectivity index (χ1v) is 9.58. The lowest BCUT2D eigenvalue weighted by Gasteiger charge is -2.22. The van der Waals surface area contributed by atoms with Gasteiger partial charge < -0.3 is 14.6 Å². The van der Waals surface area contributed by atoms with E-state index < -0.39 is 0 Å². The molecule has 6 heteroatoms. The minimum absolute atomic E-state index is 0.243. The molecule has 0 saturated carbocycles. The van der Waals surface area contributed by atoms with Crippen molar-refractivity contribution in [2.24, 2.45) is 0 Å². The van der Waals surface area contributed by atoms with Crippen molar-refractivity contribution in [2.45, 2.75) is 12.8 Å². The number of halogens is 2. The summed E-state index contributed by atoms with van der Waals surface area (Å²) < 4.78 is 5.74. The summed E-state index contributed by atoms with van der Waals surface area (Å²) in [5, 5.41) is 4.23. The Hall–Kier alpha value is -2.43. The Bertz CT molecular complexity index is 961. The third-order valence-corrected chi connectivity index (χ3v) is 5.17. The molecule has 1 amide bonds. The van der Waals surface area contributed by atoms with Crippen LogP contribution in [0.25, 0.3) is 11.3 Å². The zero-order valence-electron chi connectivity index (χ0n) is 14.5. The number of benzene rings is 2. The van der Waals surface area contributed by atoms with Gasteiger partial charge in [0, 0.05) is 23.7 Å². The Morgan fingerprint density at radius 3 is 2.44 bits per heavy atom. The Balaban J connectivity index is 1.57. The molecule has 2 aromatic carbocycles. The Labute approximate surface area is 167 Å². The molecule has 0 aliphatic carbocycles. The number of hydrogen-bond acceptors (Lipinski definition) is 3. The second-order valence-corrected chi connectivity index (χ2v) is 7.30. The third-order valence-electron chi connectivity index (χ3n) is 4.62. The molecule has 1 saturated heterocycles. The van der Waals surface area contributed by atoms with Crippen molar-refractivity contribution in [2.75, 3.05) is 23.3 Å². The Morgan fingerprint density at radius 2 is 1.70 bits per heavy atom. The molecule has 27 heavy (non-hydrogen) atoms. The average Bonchev–Trinajstić information content (AvgIpc) is 3.34. The van der Waals surface area contributed by atoms with Crippen molar-refractivity contribution in [1.82, 2.24) is 0 Å². The number of anilines is 2. The summed E-state index contributed by atoms with van der Waals surface area (Å²) in [6.07, 6.45) is 2.25. The van der Waals surface area contributed by atoms with E-state index in [-0.39, 0.29) is 11.7 Å². The van der Waals surface area contributed by atoms with Gasteiger partial charge in [0.05, 0.1) is 16.4 Å². The lowest BCUT2D eigenvalue weighted by Crippen LogP contribution is -2.21. The lowest BCUT2D eigenvalue weighted by atomic mass is 10.2. The number of furan rings is 1. The molecule has 4 nitrogen and oxygen atoms in total. The van der Waals surface area contributed by atoms with Gasteiger partial charge in [-0.15, -0.1) is 0 Å². The monoisotopic (exact) mass is 400 g/mol. The SMILES string of the molecule is O=C(Nc1cccc(Cl)c1N1CCCC1)c1ccc(-c2ccc(Cl)cc2)o1. The van der Waals surface area contributed by atoms with Gasteiger partial charge in [0.2, 0.25) is 0 Å². The highest BCUT2D eigenvalue weighted by molar-refractivity contribution is 6.34. The summed E-state index contributed by atoms with van der Waals surface area (Å²) in [6.45, 7) is 1.88. The molecule has 1 N–H and O–H groups in total. The van der Waals surface area contributed by atoms with Gasteiger partial charge in [-0.25, -0.2) is 0 Å². The van der Waals surface area contributed by atoms with Crippen LogP contribution in [0, 0.1) is 0 Å². The van der Waals surface area contributed by atoms with E-state index in [9.17, 15) is 4.79 Å². The lowest BCUT2D eigenvalue weighted by molar-refractivity contribution is 0.0997. The smallest absolute Gasteiger partial charge is 0.291 e. The molecule has 1 aliphatic rings. The highest BCUT2D eigenvalue weighted by Crippen LogP contribution is 2.36. The van der Waals surface area contributed by atoms with Crippen LogP contribution in [0.1, 0.15) is 23.4 Å². The average molecular weight is 401 g/mol. The van der Waals surface area contributed by atoms with E-state index in [0.29, 0.717) is 21.5 Å². The molecule has 1 fully saturated rings. The highest BCUT2D eigenvalue weighted by Gasteiger charge is 2.21. The topological polar surface area (TPSA) is 45.5 Å². The number of rotatable bonds is 4. The molecule has 138 valence electrons. The summed E-state index contributed by atoms with van der Waals surface area (Å²) in [4.78, 5) is 14.9. The number of para-hydroxylation sites is 1. The normalized spacial score (nSPS) is 13.8. The van der Waals surface area contributed by atoms with E-state index in [4.69, 9.17) is 27.6 Å². The molecule has 3 aromatic rings. The largest absolute Gasteiger partial charge is 0.451 e. The number of nitrogens with zero attached hydrogens (tertiary/aromatic N) is 1. The molecule has 1 aromatic heterocycles. The van der Waals surface area contributed by atoms with Crippen LogP contribution in [0.2, 0.25) is 10.0 Å². The first-order valence-electron chi connectivity index (χ1n) is 8.82. The zero-order chi connectivity index (χ0) is 18.8. The van der Waals surface area contributed by atoms with E-state index in [1.165, 1.54) is 0 Å². The van der Waals surface area contributed by atoms with Gasteiger partial charge in [0.15, 0.2) is 5.76 Å². The van der Waals surface area contributed by atoms with Gasteiger partial charge in [-0.05, 0) is 61.4 Å². The molecular formula is C21H18Cl2N2O2. The van der Waals surface area contributed by atoms with Gasteiger partial charge in [0.25, 0.3) is 5.91 Å². The Kier molecular flexibility index (Phi) is 5.10. The van der Waals surface area contributed by atoms with Crippen molar-refractivity contribution in [3.8, 4) is 11.3 Å². The van der Waals surface area contributed by atoms with E-state index in [1.54, 1.807) is 24.3 Å². The zero-order valence-corrected chi connectivity index (χ0v) is 16.1. The van der Waals surface area contributed by atoms with Crippen molar-refractivity contribution in [3.63, 3.8) is 0 Å². The van der Waals surface area contributed by atoms with Crippen LogP contribution in [0.3, 0.4) is 0 Å². The molecule has 0 radical (unpaired) electrons. The third kappa shape index (κ3) is 3.82. The van der Waals surface area contributed by atoms with Gasteiger partial charge in [-0.3, -0.25) is 4.79 Å². The maximum atomic E-state index is 12.7. The highest BCUT2D eigenvalue weighted by atomic mass is 35.5. The van der Waals surface area contributed by atoms with Gasteiger partial charge in [0.1, 0.15) is 5.76 Å². The Morgan fingerprint density at radius 1 is 0.963 bits per heavy atom. The molecule has 0 bridgehead atoms. The van der Waals surface area contributed by atoms with Gasteiger partial charge in [-0.1, -0.05) is 29.3 Å². The maximum Gasteiger partial charge on any atom is 0.291 e. The molecular weight excluding hydrogens is 383 g/mol. The fraction of sp³-hybridized carbons (Fsp3) is 0.190. The first kappa shape index (κ1) is 18.0. The van der Waals surface area contributed by atoms with Crippen LogP contribution in [0.4, 0.5) is 11.4 Å². The van der Waals surface area contributed by atoms with Crippen molar-refractivity contribution in [1.29, 1.82) is 0 Å². The first-order chi connectivity index (χ1) is 13.1. The fourth-order valence-electron chi connectivity index (χ4n) is 3.29. The number of nitrogens with one attached hydrogen (secondary N) is 1. The van der Waals surface area contributed by atoms with Crippen molar-refractivity contribution < 1.29 is 9.21 Å². The van der Waals surface area contributed by atoms with E-state index in [2.05, 4.69) is 10.2 Å². The van der Waals surface area contributed by atoms with Gasteiger partial charge in [-0.2, -0.15) is 0 Å². The maximum absolute atomic E-state index is 12.7. The molecule has 0 atom stereocenters. The summed E-state index contributed by atoms with van der Waals surface area (Å²) in [6, 6.07) is 16.3. The summed E-state index contributed by atoms with van der Waals surface area (Å²) in [5.74, 6) is 0.549. The minimum atomic E-state index is -0.307. The minimum Gasteiger partial charge on any atom is -0.451 e. The molecule has 4 rings (SSSR count). The standard InChI is InChI=1S/C21H18Cl2N2O2/c22-15-8-6-14(7-9-15)18-10-11-19(27-18)21(26)24-17-5-3-4-16(23)20(17)25-12-1-2-13-25/h3-11H,1-2,12-13H2,(H,24,26).